The summed E-state index contributed by atoms with van der Waals surface area (Å²) in [5.41, 5.74) is 8.52. The molecule has 2 N–H and O–H groups in total. The van der Waals surface area contributed by atoms with Crippen LogP contribution in [0.4, 0.5) is 5.69 Å². The Balaban J connectivity index is 2.32. The molecule has 1 aromatic carbocycles. The van der Waals surface area contributed by atoms with Gasteiger partial charge in [0.1, 0.15) is 5.75 Å². The molecule has 2 aromatic rings. The van der Waals surface area contributed by atoms with Gasteiger partial charge in [0, 0.05) is 17.4 Å². The number of anilines is 1. The third-order valence-electron chi connectivity index (χ3n) is 2.27. The van der Waals surface area contributed by atoms with Crippen molar-refractivity contribution in [1.29, 1.82) is 0 Å². The summed E-state index contributed by atoms with van der Waals surface area (Å²) >= 11 is 0. The third-order valence-corrected chi connectivity index (χ3v) is 2.27. The molecule has 3 nitrogen and oxygen atoms in total. The minimum atomic E-state index is 0.646. The van der Waals surface area contributed by atoms with E-state index in [4.69, 9.17) is 10.5 Å². The van der Waals surface area contributed by atoms with Crippen LogP contribution < -0.4 is 10.5 Å². The van der Waals surface area contributed by atoms with Gasteiger partial charge in [0.15, 0.2) is 0 Å². The van der Waals surface area contributed by atoms with Gasteiger partial charge in [-0.1, -0.05) is 12.1 Å². The van der Waals surface area contributed by atoms with Crippen molar-refractivity contribution < 1.29 is 4.74 Å². The first-order valence-electron chi connectivity index (χ1n) is 5.23. The van der Waals surface area contributed by atoms with Gasteiger partial charge in [-0.2, -0.15) is 0 Å². The molecule has 0 aliphatic rings. The number of hydrogen-bond acceptors (Lipinski definition) is 3. The van der Waals surface area contributed by atoms with Gasteiger partial charge < -0.3 is 10.5 Å². The number of pyridine rings is 1. The topological polar surface area (TPSA) is 48.1 Å². The lowest BCUT2D eigenvalue weighted by molar-refractivity contribution is 0.339. The second kappa shape index (κ2) is 4.66. The monoisotopic (exact) mass is 214 g/mol. The minimum absolute atomic E-state index is 0.646. The van der Waals surface area contributed by atoms with Crippen molar-refractivity contribution in [3.63, 3.8) is 0 Å². The second-order valence-electron chi connectivity index (χ2n) is 3.46. The standard InChI is InChI=1S/C13H14N2O/c1-2-16-13-7-11(8-15-9-13)10-3-5-12(14)6-4-10/h3-9H,2,14H2,1H3. The van der Waals surface area contributed by atoms with Crippen LogP contribution in [-0.4, -0.2) is 11.6 Å². The fourth-order valence-electron chi connectivity index (χ4n) is 1.50. The average Bonchev–Trinajstić information content (AvgIpc) is 2.31. The molecule has 0 saturated heterocycles. The number of aromatic nitrogens is 1. The first kappa shape index (κ1) is 10.5. The van der Waals surface area contributed by atoms with E-state index in [0.717, 1.165) is 22.6 Å². The zero-order valence-electron chi connectivity index (χ0n) is 9.18. The number of nitrogen functional groups attached to an aromatic ring is 1. The van der Waals surface area contributed by atoms with Crippen molar-refractivity contribution in [3.05, 3.63) is 42.7 Å². The SMILES string of the molecule is CCOc1cncc(-c2ccc(N)cc2)c1. The lowest BCUT2D eigenvalue weighted by atomic mass is 10.1. The highest BCUT2D eigenvalue weighted by Crippen LogP contribution is 2.23. The highest BCUT2D eigenvalue weighted by molar-refractivity contribution is 5.65. The number of nitrogens with zero attached hydrogens (tertiary/aromatic N) is 1. The number of hydrogen-bond donors (Lipinski definition) is 1. The lowest BCUT2D eigenvalue weighted by Gasteiger charge is -2.05. The molecule has 0 aliphatic carbocycles. The van der Waals surface area contributed by atoms with Crippen molar-refractivity contribution in [1.82, 2.24) is 4.98 Å². The van der Waals surface area contributed by atoms with Crippen LogP contribution in [0.5, 0.6) is 5.75 Å². The number of rotatable bonds is 3. The van der Waals surface area contributed by atoms with E-state index in [9.17, 15) is 0 Å². The van der Waals surface area contributed by atoms with E-state index in [0.29, 0.717) is 6.61 Å². The smallest absolute Gasteiger partial charge is 0.138 e. The molecular formula is C13H14N2O. The Morgan fingerprint density at radius 2 is 1.88 bits per heavy atom. The first-order chi connectivity index (χ1) is 7.79. The van der Waals surface area contributed by atoms with Gasteiger partial charge >= 0.3 is 0 Å². The van der Waals surface area contributed by atoms with Crippen LogP contribution in [0, 0.1) is 0 Å². The van der Waals surface area contributed by atoms with Gasteiger partial charge in [-0.3, -0.25) is 4.98 Å². The maximum atomic E-state index is 5.64. The van der Waals surface area contributed by atoms with E-state index in [1.54, 1.807) is 6.20 Å². The molecule has 1 aromatic heterocycles. The molecule has 0 unspecified atom stereocenters. The molecule has 0 bridgehead atoms. The highest BCUT2D eigenvalue weighted by atomic mass is 16.5. The summed E-state index contributed by atoms with van der Waals surface area (Å²) < 4.78 is 5.40. The lowest BCUT2D eigenvalue weighted by Crippen LogP contribution is -1.92. The molecule has 82 valence electrons. The van der Waals surface area contributed by atoms with Crippen LogP contribution in [0.1, 0.15) is 6.92 Å². The van der Waals surface area contributed by atoms with Crippen LogP contribution in [0.3, 0.4) is 0 Å². The molecule has 0 fully saturated rings. The second-order valence-corrected chi connectivity index (χ2v) is 3.46. The van der Waals surface area contributed by atoms with Crippen molar-refractivity contribution in [3.8, 4) is 16.9 Å². The van der Waals surface area contributed by atoms with E-state index < -0.39 is 0 Å². The fraction of sp³-hybridized carbons (Fsp3) is 0.154. The molecule has 1 heterocycles. The predicted octanol–water partition coefficient (Wildman–Crippen LogP) is 2.73. The fourth-order valence-corrected chi connectivity index (χ4v) is 1.50. The van der Waals surface area contributed by atoms with E-state index >= 15 is 0 Å². The summed E-state index contributed by atoms with van der Waals surface area (Å²) in [6, 6.07) is 9.68. The molecule has 3 heteroatoms. The zero-order valence-corrected chi connectivity index (χ0v) is 9.18. The Morgan fingerprint density at radius 1 is 1.12 bits per heavy atom. The van der Waals surface area contributed by atoms with Gasteiger partial charge in [-0.15, -0.1) is 0 Å². The van der Waals surface area contributed by atoms with Gasteiger partial charge in [-0.05, 0) is 30.7 Å². The average molecular weight is 214 g/mol. The Kier molecular flexibility index (Phi) is 3.05. The minimum Gasteiger partial charge on any atom is -0.492 e. The number of ether oxygens (including phenoxy) is 1. The summed E-state index contributed by atoms with van der Waals surface area (Å²) in [6.45, 7) is 2.60. The quantitative estimate of drug-likeness (QED) is 0.799. The van der Waals surface area contributed by atoms with Gasteiger partial charge in [0.05, 0.1) is 12.8 Å². The highest BCUT2D eigenvalue weighted by Gasteiger charge is 2.00. The van der Waals surface area contributed by atoms with Crippen molar-refractivity contribution in [2.75, 3.05) is 12.3 Å². The molecule has 0 radical (unpaired) electrons. The van der Waals surface area contributed by atoms with E-state index in [1.165, 1.54) is 0 Å². The summed E-state index contributed by atoms with van der Waals surface area (Å²) in [6.07, 6.45) is 3.53. The predicted molar refractivity (Wildman–Crippen MR) is 65.3 cm³/mol. The zero-order chi connectivity index (χ0) is 11.4. The first-order valence-corrected chi connectivity index (χ1v) is 5.23. The summed E-state index contributed by atoms with van der Waals surface area (Å²) in [5.74, 6) is 0.789. The molecule has 0 saturated carbocycles. The molecule has 2 rings (SSSR count). The molecule has 0 aliphatic heterocycles. The summed E-state index contributed by atoms with van der Waals surface area (Å²) in [4.78, 5) is 4.15. The third kappa shape index (κ3) is 2.31. The Hall–Kier alpha value is -2.03. The largest absolute Gasteiger partial charge is 0.492 e. The Bertz CT molecular complexity index is 466. The molecule has 16 heavy (non-hydrogen) atoms. The van der Waals surface area contributed by atoms with Gasteiger partial charge in [0.25, 0.3) is 0 Å². The molecule has 0 spiro atoms. The van der Waals surface area contributed by atoms with E-state index in [1.807, 2.05) is 43.5 Å². The molecular weight excluding hydrogens is 200 g/mol. The van der Waals surface area contributed by atoms with Crippen molar-refractivity contribution in [2.24, 2.45) is 0 Å². The van der Waals surface area contributed by atoms with Crippen LogP contribution in [0.2, 0.25) is 0 Å². The summed E-state index contributed by atoms with van der Waals surface area (Å²) in [7, 11) is 0. The van der Waals surface area contributed by atoms with Gasteiger partial charge in [-0.25, -0.2) is 0 Å². The van der Waals surface area contributed by atoms with Crippen LogP contribution in [-0.2, 0) is 0 Å². The molecule has 0 amide bonds. The number of benzene rings is 1. The van der Waals surface area contributed by atoms with Crippen molar-refractivity contribution in [2.45, 2.75) is 6.92 Å². The van der Waals surface area contributed by atoms with Crippen LogP contribution in [0.15, 0.2) is 42.7 Å². The van der Waals surface area contributed by atoms with E-state index in [-0.39, 0.29) is 0 Å². The molecule has 0 atom stereocenters. The van der Waals surface area contributed by atoms with Crippen LogP contribution in [0.25, 0.3) is 11.1 Å². The maximum absolute atomic E-state index is 5.64. The Morgan fingerprint density at radius 3 is 2.56 bits per heavy atom. The summed E-state index contributed by atoms with van der Waals surface area (Å²) in [5, 5.41) is 0. The van der Waals surface area contributed by atoms with Crippen molar-refractivity contribution >= 4 is 5.69 Å². The normalized spacial score (nSPS) is 10.1. The number of nitrogens with two attached hydrogens (primary N) is 1. The van der Waals surface area contributed by atoms with Crippen LogP contribution >= 0.6 is 0 Å². The maximum Gasteiger partial charge on any atom is 0.138 e. The van der Waals surface area contributed by atoms with E-state index in [2.05, 4.69) is 4.98 Å². The van der Waals surface area contributed by atoms with Gasteiger partial charge in [0.2, 0.25) is 0 Å². The Labute approximate surface area is 94.9 Å².